The molecule has 2 aromatic heterocycles. The maximum atomic E-state index is 12.2. The predicted molar refractivity (Wildman–Crippen MR) is 121 cm³/mol. The standard InChI is InChI=1S/C21H22ClN7O3/c22-15-2-1-13-9-16(15)32-11-17(30)23-3-4-28-5-7-29(8-6-28)20-18-14(10-24-13)21(31)27-19(18)25-12-26-20/h1-2,9-10,12,31H,3-8,11H2,(H,23,30)(H,25,26,27). The summed E-state index contributed by atoms with van der Waals surface area (Å²) < 4.78 is 5.60. The Bertz CT molecular complexity index is 1190. The van der Waals surface area contributed by atoms with Gasteiger partial charge in [-0.25, -0.2) is 9.97 Å². The van der Waals surface area contributed by atoms with Crippen molar-refractivity contribution in [1.82, 2.24) is 25.2 Å². The van der Waals surface area contributed by atoms with E-state index in [2.05, 4.69) is 35.1 Å². The first-order chi connectivity index (χ1) is 15.6. The molecule has 5 heterocycles. The fourth-order valence-electron chi connectivity index (χ4n) is 3.94. The summed E-state index contributed by atoms with van der Waals surface area (Å²) in [5.74, 6) is 0.876. The van der Waals surface area contributed by atoms with Crippen LogP contribution in [0.25, 0.3) is 11.0 Å². The summed E-state index contributed by atoms with van der Waals surface area (Å²) >= 11 is 6.22. The second kappa shape index (κ2) is 8.64. The average Bonchev–Trinajstić information content (AvgIpc) is 3.12. The molecule has 11 heteroatoms. The highest BCUT2D eigenvalue weighted by Crippen LogP contribution is 2.33. The first-order valence-corrected chi connectivity index (χ1v) is 10.7. The number of carbonyl (C=O) groups is 1. The van der Waals surface area contributed by atoms with Gasteiger partial charge in [-0.05, 0) is 12.1 Å². The third-order valence-corrected chi connectivity index (χ3v) is 5.94. The number of nitrogens with one attached hydrogen (secondary N) is 2. The highest BCUT2D eigenvalue weighted by atomic mass is 35.5. The molecule has 4 bridgehead atoms. The van der Waals surface area contributed by atoms with Crippen molar-refractivity contribution in [2.45, 2.75) is 0 Å². The number of aromatic hydroxyl groups is 1. The van der Waals surface area contributed by atoms with Gasteiger partial charge in [-0.15, -0.1) is 0 Å². The number of nitrogens with zero attached hydrogens (tertiary/aromatic N) is 5. The Morgan fingerprint density at radius 1 is 1.12 bits per heavy atom. The molecule has 166 valence electrons. The highest BCUT2D eigenvalue weighted by molar-refractivity contribution is 6.32. The molecule has 0 atom stereocenters. The zero-order valence-corrected chi connectivity index (χ0v) is 18.0. The van der Waals surface area contributed by atoms with E-state index in [0.717, 1.165) is 43.9 Å². The molecule has 1 fully saturated rings. The van der Waals surface area contributed by atoms with Crippen LogP contribution >= 0.6 is 11.6 Å². The van der Waals surface area contributed by atoms with Crippen molar-refractivity contribution in [3.05, 3.63) is 35.1 Å². The highest BCUT2D eigenvalue weighted by Gasteiger charge is 2.23. The fourth-order valence-corrected chi connectivity index (χ4v) is 4.11. The monoisotopic (exact) mass is 455 g/mol. The van der Waals surface area contributed by atoms with Crippen LogP contribution in [0.2, 0.25) is 5.02 Å². The van der Waals surface area contributed by atoms with Crippen LogP contribution in [0.4, 0.5) is 11.5 Å². The molecule has 0 spiro atoms. The molecule has 0 aliphatic carbocycles. The molecular weight excluding hydrogens is 434 g/mol. The van der Waals surface area contributed by atoms with Gasteiger partial charge >= 0.3 is 0 Å². The Kier molecular flexibility index (Phi) is 5.54. The molecular formula is C21H22ClN7O3. The third-order valence-electron chi connectivity index (χ3n) is 5.63. The molecule has 1 aromatic carbocycles. The van der Waals surface area contributed by atoms with Crippen molar-refractivity contribution in [3.63, 3.8) is 0 Å². The number of aromatic amines is 1. The summed E-state index contributed by atoms with van der Waals surface area (Å²) in [7, 11) is 0. The van der Waals surface area contributed by atoms with Gasteiger partial charge in [0.1, 0.15) is 23.5 Å². The molecule has 0 radical (unpaired) electrons. The molecule has 3 aromatic rings. The van der Waals surface area contributed by atoms with Gasteiger partial charge in [-0.3, -0.25) is 14.7 Å². The number of rotatable bonds is 0. The van der Waals surface area contributed by atoms with E-state index in [-0.39, 0.29) is 18.4 Å². The first-order valence-electron chi connectivity index (χ1n) is 10.3. The summed E-state index contributed by atoms with van der Waals surface area (Å²) in [4.78, 5) is 32.8. The number of amides is 1. The van der Waals surface area contributed by atoms with Crippen LogP contribution in [-0.4, -0.2) is 83.0 Å². The summed E-state index contributed by atoms with van der Waals surface area (Å²) in [6.07, 6.45) is 3.06. The second-order valence-electron chi connectivity index (χ2n) is 7.65. The van der Waals surface area contributed by atoms with Crippen molar-refractivity contribution in [2.24, 2.45) is 4.99 Å². The molecule has 1 amide bonds. The fraction of sp³-hybridized carbons (Fsp3) is 0.333. The van der Waals surface area contributed by atoms with E-state index in [9.17, 15) is 9.90 Å². The van der Waals surface area contributed by atoms with Gasteiger partial charge in [0.15, 0.2) is 12.5 Å². The maximum absolute atomic E-state index is 12.2. The lowest BCUT2D eigenvalue weighted by molar-refractivity contribution is -0.123. The van der Waals surface area contributed by atoms with E-state index >= 15 is 0 Å². The number of fused-ring (bicyclic) bond motifs is 7. The number of hydrogen-bond donors (Lipinski definition) is 3. The zero-order chi connectivity index (χ0) is 22.1. The van der Waals surface area contributed by atoms with Crippen molar-refractivity contribution >= 4 is 46.3 Å². The van der Waals surface area contributed by atoms with E-state index in [1.54, 1.807) is 24.4 Å². The molecule has 32 heavy (non-hydrogen) atoms. The Morgan fingerprint density at radius 2 is 1.97 bits per heavy atom. The Morgan fingerprint density at radius 3 is 2.81 bits per heavy atom. The quantitative estimate of drug-likeness (QED) is 0.472. The lowest BCUT2D eigenvalue weighted by Gasteiger charge is -2.35. The number of aromatic nitrogens is 3. The molecule has 6 rings (SSSR count). The molecule has 0 unspecified atom stereocenters. The van der Waals surface area contributed by atoms with E-state index in [4.69, 9.17) is 16.3 Å². The normalized spacial score (nSPS) is 17.7. The number of H-pyrrole nitrogens is 1. The number of hydrogen-bond acceptors (Lipinski definition) is 8. The molecule has 3 N–H and O–H groups in total. The number of aliphatic imine (C=N–C) groups is 1. The SMILES string of the molecule is O=C1COc2cc(ccc2Cl)N=Cc2c(O)[nH]c3ncnc(c23)N2CCN(CCN1)CC2. The topological polar surface area (TPSA) is 119 Å². The Balaban J connectivity index is 1.57. The number of carbonyl (C=O) groups excluding carboxylic acids is 1. The Labute approximate surface area is 188 Å². The first kappa shape index (κ1) is 20.5. The summed E-state index contributed by atoms with van der Waals surface area (Å²) in [5.41, 5.74) is 1.62. The lowest BCUT2D eigenvalue weighted by atomic mass is 10.2. The molecule has 1 saturated heterocycles. The van der Waals surface area contributed by atoms with Gasteiger partial charge in [-0.2, -0.15) is 0 Å². The zero-order valence-electron chi connectivity index (χ0n) is 17.2. The third kappa shape index (κ3) is 4.06. The number of benzene rings is 1. The van der Waals surface area contributed by atoms with E-state index < -0.39 is 0 Å². The average molecular weight is 456 g/mol. The summed E-state index contributed by atoms with van der Waals surface area (Å²) in [5, 5.41) is 14.5. The summed E-state index contributed by atoms with van der Waals surface area (Å²) in [6.45, 7) is 4.35. The van der Waals surface area contributed by atoms with Gasteiger partial charge in [0.05, 0.1) is 21.7 Å². The second-order valence-corrected chi connectivity index (χ2v) is 8.06. The molecule has 0 saturated carbocycles. The van der Waals surface area contributed by atoms with Crippen molar-refractivity contribution in [3.8, 4) is 11.6 Å². The summed E-state index contributed by atoms with van der Waals surface area (Å²) in [6, 6.07) is 5.03. The van der Waals surface area contributed by atoms with E-state index in [1.807, 2.05) is 0 Å². The molecule has 3 aliphatic rings. The van der Waals surface area contributed by atoms with Crippen LogP contribution in [0, 0.1) is 0 Å². The smallest absolute Gasteiger partial charge is 0.257 e. The van der Waals surface area contributed by atoms with Gasteiger partial charge < -0.3 is 25.0 Å². The van der Waals surface area contributed by atoms with Gasteiger partial charge in [0, 0.05) is 51.5 Å². The van der Waals surface area contributed by atoms with Gasteiger partial charge in [0.2, 0.25) is 0 Å². The molecule has 3 aliphatic heterocycles. The van der Waals surface area contributed by atoms with Crippen molar-refractivity contribution < 1.29 is 14.6 Å². The van der Waals surface area contributed by atoms with Crippen LogP contribution in [0.1, 0.15) is 5.56 Å². The van der Waals surface area contributed by atoms with Gasteiger partial charge in [-0.1, -0.05) is 11.6 Å². The van der Waals surface area contributed by atoms with Crippen molar-refractivity contribution in [2.75, 3.05) is 50.8 Å². The van der Waals surface area contributed by atoms with Crippen LogP contribution in [-0.2, 0) is 4.79 Å². The number of piperazine rings is 1. The number of ether oxygens (including phenoxy) is 1. The molecule has 10 nitrogen and oxygen atoms in total. The maximum Gasteiger partial charge on any atom is 0.257 e. The number of anilines is 1. The van der Waals surface area contributed by atoms with Crippen LogP contribution in [0.3, 0.4) is 0 Å². The number of halogens is 1. The largest absolute Gasteiger partial charge is 0.494 e. The van der Waals surface area contributed by atoms with Gasteiger partial charge in [0.25, 0.3) is 5.91 Å². The van der Waals surface area contributed by atoms with Crippen LogP contribution in [0.5, 0.6) is 11.6 Å². The predicted octanol–water partition coefficient (Wildman–Crippen LogP) is 1.70. The van der Waals surface area contributed by atoms with Crippen LogP contribution < -0.4 is 15.0 Å². The lowest BCUT2D eigenvalue weighted by Crippen LogP contribution is -2.49. The van der Waals surface area contributed by atoms with Crippen molar-refractivity contribution in [1.29, 1.82) is 0 Å². The van der Waals surface area contributed by atoms with E-state index in [0.29, 0.717) is 34.2 Å². The minimum atomic E-state index is -0.208. The minimum absolute atomic E-state index is 0.0272. The Hall–Kier alpha value is -3.37. The minimum Gasteiger partial charge on any atom is -0.494 e. The van der Waals surface area contributed by atoms with Crippen LogP contribution in [0.15, 0.2) is 29.5 Å². The van der Waals surface area contributed by atoms with E-state index in [1.165, 1.54) is 6.33 Å².